The second-order valence-electron chi connectivity index (χ2n) is 6.43. The average Bonchev–Trinajstić information content (AvgIpc) is 2.75. The Morgan fingerprint density at radius 3 is 2.04 bits per heavy atom. The molecule has 9 nitrogen and oxygen atoms in total. The van der Waals surface area contributed by atoms with E-state index in [0.29, 0.717) is 39.4 Å². The number of morpholine rings is 1. The number of piperazine rings is 1. The van der Waals surface area contributed by atoms with E-state index in [1.165, 1.54) is 10.5 Å². The van der Waals surface area contributed by atoms with Crippen LogP contribution in [0.4, 0.5) is 11.6 Å². The SMILES string of the molecule is O=S(=O)(c1cccnc1)N1CCN(c2ccc(N3CCOCC3)nn2)CC1. The van der Waals surface area contributed by atoms with Gasteiger partial charge in [0, 0.05) is 51.7 Å². The predicted molar refractivity (Wildman–Crippen MR) is 100 cm³/mol. The van der Waals surface area contributed by atoms with Gasteiger partial charge in [-0.1, -0.05) is 0 Å². The number of rotatable bonds is 4. The van der Waals surface area contributed by atoms with Gasteiger partial charge in [0.25, 0.3) is 0 Å². The number of nitrogens with zero attached hydrogens (tertiary/aromatic N) is 6. The van der Waals surface area contributed by atoms with Gasteiger partial charge in [-0.3, -0.25) is 4.98 Å². The molecule has 4 heterocycles. The molecule has 0 aromatic carbocycles. The summed E-state index contributed by atoms with van der Waals surface area (Å²) in [5.41, 5.74) is 0. The van der Waals surface area contributed by atoms with Gasteiger partial charge in [-0.15, -0.1) is 10.2 Å². The molecule has 2 fully saturated rings. The van der Waals surface area contributed by atoms with Crippen LogP contribution in [0.3, 0.4) is 0 Å². The molecule has 0 atom stereocenters. The Morgan fingerprint density at radius 2 is 1.48 bits per heavy atom. The summed E-state index contributed by atoms with van der Waals surface area (Å²) in [5, 5.41) is 8.67. The van der Waals surface area contributed by atoms with Crippen LogP contribution >= 0.6 is 0 Å². The Hall–Kier alpha value is -2.30. The summed E-state index contributed by atoms with van der Waals surface area (Å²) in [5.74, 6) is 1.62. The van der Waals surface area contributed by atoms with E-state index in [1.54, 1.807) is 18.3 Å². The third-order valence-electron chi connectivity index (χ3n) is 4.81. The Kier molecular flexibility index (Phi) is 5.19. The van der Waals surface area contributed by atoms with E-state index in [2.05, 4.69) is 25.0 Å². The lowest BCUT2D eigenvalue weighted by Crippen LogP contribution is -2.49. The zero-order valence-electron chi connectivity index (χ0n) is 14.9. The lowest BCUT2D eigenvalue weighted by Gasteiger charge is -2.34. The van der Waals surface area contributed by atoms with E-state index in [0.717, 1.165) is 24.7 Å². The standard InChI is InChI=1S/C17H22N6O3S/c24-27(25,15-2-1-5-18-14-15)23-8-6-21(7-9-23)16-3-4-17(20-19-16)22-10-12-26-13-11-22/h1-5,14H,6-13H2. The van der Waals surface area contributed by atoms with Gasteiger partial charge < -0.3 is 14.5 Å². The molecule has 10 heteroatoms. The number of sulfonamides is 1. The maximum Gasteiger partial charge on any atom is 0.244 e. The summed E-state index contributed by atoms with van der Waals surface area (Å²) in [6.07, 6.45) is 2.95. The van der Waals surface area contributed by atoms with E-state index in [1.807, 2.05) is 12.1 Å². The average molecular weight is 390 g/mol. The molecule has 0 aliphatic carbocycles. The molecule has 0 saturated carbocycles. The van der Waals surface area contributed by atoms with Gasteiger partial charge in [0.1, 0.15) is 4.90 Å². The van der Waals surface area contributed by atoms with E-state index in [-0.39, 0.29) is 4.90 Å². The number of aromatic nitrogens is 3. The van der Waals surface area contributed by atoms with Crippen LogP contribution < -0.4 is 9.80 Å². The van der Waals surface area contributed by atoms with Crippen molar-refractivity contribution in [2.75, 3.05) is 62.3 Å². The highest BCUT2D eigenvalue weighted by atomic mass is 32.2. The molecule has 2 aliphatic heterocycles. The second kappa shape index (κ2) is 7.75. The van der Waals surface area contributed by atoms with Crippen LogP contribution in [0.25, 0.3) is 0 Å². The largest absolute Gasteiger partial charge is 0.378 e. The molecule has 0 unspecified atom stereocenters. The van der Waals surface area contributed by atoms with Gasteiger partial charge in [0.15, 0.2) is 11.6 Å². The molecule has 4 rings (SSSR count). The van der Waals surface area contributed by atoms with Gasteiger partial charge in [-0.2, -0.15) is 4.31 Å². The van der Waals surface area contributed by atoms with E-state index in [4.69, 9.17) is 4.74 Å². The topological polar surface area (TPSA) is 91.8 Å². The smallest absolute Gasteiger partial charge is 0.244 e. The van der Waals surface area contributed by atoms with E-state index in [9.17, 15) is 8.42 Å². The van der Waals surface area contributed by atoms with Crippen molar-refractivity contribution < 1.29 is 13.2 Å². The molecule has 0 amide bonds. The monoisotopic (exact) mass is 390 g/mol. The maximum atomic E-state index is 12.7. The van der Waals surface area contributed by atoms with Gasteiger partial charge in [0.2, 0.25) is 10.0 Å². The molecule has 0 N–H and O–H groups in total. The van der Waals surface area contributed by atoms with Gasteiger partial charge >= 0.3 is 0 Å². The highest BCUT2D eigenvalue weighted by molar-refractivity contribution is 7.89. The van der Waals surface area contributed by atoms with Crippen LogP contribution in [0.15, 0.2) is 41.6 Å². The van der Waals surface area contributed by atoms with Crippen molar-refractivity contribution in [3.8, 4) is 0 Å². The fourth-order valence-electron chi connectivity index (χ4n) is 3.25. The van der Waals surface area contributed by atoms with Crippen molar-refractivity contribution in [1.29, 1.82) is 0 Å². The van der Waals surface area contributed by atoms with Crippen LogP contribution in [0.1, 0.15) is 0 Å². The van der Waals surface area contributed by atoms with Crippen LogP contribution in [0.2, 0.25) is 0 Å². The van der Waals surface area contributed by atoms with Crippen LogP contribution in [-0.2, 0) is 14.8 Å². The zero-order valence-corrected chi connectivity index (χ0v) is 15.8. The number of ether oxygens (including phenoxy) is 1. The van der Waals surface area contributed by atoms with Crippen molar-refractivity contribution >= 4 is 21.7 Å². The highest BCUT2D eigenvalue weighted by Gasteiger charge is 2.29. The van der Waals surface area contributed by atoms with Crippen LogP contribution in [0, 0.1) is 0 Å². The van der Waals surface area contributed by atoms with Crippen molar-refractivity contribution in [1.82, 2.24) is 19.5 Å². The molecular weight excluding hydrogens is 368 g/mol. The van der Waals surface area contributed by atoms with Gasteiger partial charge in [-0.25, -0.2) is 8.42 Å². The van der Waals surface area contributed by atoms with E-state index >= 15 is 0 Å². The summed E-state index contributed by atoms with van der Waals surface area (Å²) in [6.45, 7) is 5.01. The first-order valence-corrected chi connectivity index (χ1v) is 10.4. The van der Waals surface area contributed by atoms with Crippen LogP contribution in [0.5, 0.6) is 0 Å². The Bertz CT molecular complexity index is 848. The van der Waals surface area contributed by atoms with E-state index < -0.39 is 10.0 Å². The molecule has 2 aromatic heterocycles. The zero-order chi connectivity index (χ0) is 18.7. The summed E-state index contributed by atoms with van der Waals surface area (Å²) in [7, 11) is -3.50. The first-order valence-electron chi connectivity index (χ1n) is 8.96. The molecule has 2 aliphatic rings. The van der Waals surface area contributed by atoms with Crippen molar-refractivity contribution in [3.05, 3.63) is 36.7 Å². The molecule has 0 spiro atoms. The molecule has 144 valence electrons. The molecule has 2 saturated heterocycles. The minimum absolute atomic E-state index is 0.230. The van der Waals surface area contributed by atoms with Crippen molar-refractivity contribution in [2.45, 2.75) is 4.90 Å². The molecule has 27 heavy (non-hydrogen) atoms. The third kappa shape index (κ3) is 3.87. The first-order chi connectivity index (χ1) is 13.1. The first kappa shape index (κ1) is 18.1. The number of hydrogen-bond acceptors (Lipinski definition) is 8. The lowest BCUT2D eigenvalue weighted by molar-refractivity contribution is 0.122. The fourth-order valence-corrected chi connectivity index (χ4v) is 4.64. The fraction of sp³-hybridized carbons (Fsp3) is 0.471. The number of pyridine rings is 1. The van der Waals surface area contributed by atoms with Crippen molar-refractivity contribution in [2.24, 2.45) is 0 Å². The minimum atomic E-state index is -3.50. The predicted octanol–water partition coefficient (Wildman–Crippen LogP) is 0.219. The van der Waals surface area contributed by atoms with Gasteiger partial charge in [-0.05, 0) is 24.3 Å². The highest BCUT2D eigenvalue weighted by Crippen LogP contribution is 2.20. The summed E-state index contributed by atoms with van der Waals surface area (Å²) in [6, 6.07) is 7.12. The second-order valence-corrected chi connectivity index (χ2v) is 8.37. The summed E-state index contributed by atoms with van der Waals surface area (Å²) < 4.78 is 32.2. The number of hydrogen-bond donors (Lipinski definition) is 0. The number of anilines is 2. The maximum absolute atomic E-state index is 12.7. The van der Waals surface area contributed by atoms with Gasteiger partial charge in [0.05, 0.1) is 13.2 Å². The summed E-state index contributed by atoms with van der Waals surface area (Å²) >= 11 is 0. The van der Waals surface area contributed by atoms with Crippen molar-refractivity contribution in [3.63, 3.8) is 0 Å². The lowest BCUT2D eigenvalue weighted by atomic mass is 10.3. The summed E-state index contributed by atoms with van der Waals surface area (Å²) in [4.78, 5) is 8.35. The quantitative estimate of drug-likeness (QED) is 0.732. The Morgan fingerprint density at radius 1 is 0.852 bits per heavy atom. The normalized spacial score (nSPS) is 19.3. The van der Waals surface area contributed by atoms with Crippen LogP contribution in [-0.4, -0.2) is 80.4 Å². The minimum Gasteiger partial charge on any atom is -0.378 e. The molecule has 0 radical (unpaired) electrons. The Labute approximate surface area is 158 Å². The molecule has 0 bridgehead atoms. The Balaban J connectivity index is 1.39. The molecule has 2 aromatic rings. The molecular formula is C17H22N6O3S. The third-order valence-corrected chi connectivity index (χ3v) is 6.69.